The van der Waals surface area contributed by atoms with Gasteiger partial charge in [0.1, 0.15) is 5.75 Å². The molecule has 0 atom stereocenters. The van der Waals surface area contributed by atoms with Crippen LogP contribution in [0.4, 0.5) is 10.5 Å². The molecule has 22 heavy (non-hydrogen) atoms. The molecule has 2 amide bonds. The van der Waals surface area contributed by atoms with Crippen molar-refractivity contribution < 1.29 is 9.53 Å². The minimum Gasteiger partial charge on any atom is -0.492 e. The largest absolute Gasteiger partial charge is 0.492 e. The molecule has 2 N–H and O–H groups in total. The molecule has 1 aromatic rings. The number of likely N-dealkylation sites (tertiary alicyclic amines) is 1. The minimum atomic E-state index is -0.152. The molecule has 1 aliphatic rings. The normalized spacial score (nSPS) is 16.3. The molecule has 122 valence electrons. The van der Waals surface area contributed by atoms with Crippen molar-refractivity contribution in [3.63, 3.8) is 0 Å². The van der Waals surface area contributed by atoms with E-state index in [1.807, 2.05) is 31.2 Å². The van der Waals surface area contributed by atoms with Crippen LogP contribution in [0.3, 0.4) is 0 Å². The first-order valence-electron chi connectivity index (χ1n) is 8.24. The number of anilines is 1. The Balaban J connectivity index is 1.81. The Morgan fingerprint density at radius 3 is 2.68 bits per heavy atom. The number of para-hydroxylation sites is 2. The molecular weight excluding hydrogens is 278 g/mol. The van der Waals surface area contributed by atoms with E-state index in [1.165, 1.54) is 6.42 Å². The molecule has 1 saturated heterocycles. The number of benzene rings is 1. The summed E-state index contributed by atoms with van der Waals surface area (Å²) >= 11 is 0. The van der Waals surface area contributed by atoms with Crippen molar-refractivity contribution in [3.8, 4) is 5.75 Å². The van der Waals surface area contributed by atoms with E-state index in [9.17, 15) is 4.79 Å². The predicted octanol–water partition coefficient (Wildman–Crippen LogP) is 3.08. The van der Waals surface area contributed by atoms with Crippen molar-refractivity contribution >= 4 is 11.7 Å². The van der Waals surface area contributed by atoms with Gasteiger partial charge in [-0.1, -0.05) is 19.1 Å². The Kier molecular flexibility index (Phi) is 6.52. The van der Waals surface area contributed by atoms with Crippen LogP contribution >= 0.6 is 0 Å². The molecule has 5 nitrogen and oxygen atoms in total. The van der Waals surface area contributed by atoms with Crippen LogP contribution < -0.4 is 15.4 Å². The lowest BCUT2D eigenvalue weighted by Gasteiger charge is -2.32. The highest BCUT2D eigenvalue weighted by Crippen LogP contribution is 2.23. The number of hydrogen-bond donors (Lipinski definition) is 2. The van der Waals surface area contributed by atoms with E-state index in [-0.39, 0.29) is 12.1 Å². The van der Waals surface area contributed by atoms with Crippen molar-refractivity contribution in [2.45, 2.75) is 39.2 Å². The molecule has 1 aliphatic heterocycles. The maximum absolute atomic E-state index is 12.2. The van der Waals surface area contributed by atoms with Gasteiger partial charge in [0.2, 0.25) is 0 Å². The van der Waals surface area contributed by atoms with Gasteiger partial charge in [0.15, 0.2) is 0 Å². The number of carbonyl (C=O) groups excluding carboxylic acids is 1. The van der Waals surface area contributed by atoms with E-state index >= 15 is 0 Å². The fourth-order valence-corrected chi connectivity index (χ4v) is 2.81. The Bertz CT molecular complexity index is 471. The zero-order chi connectivity index (χ0) is 15.8. The average molecular weight is 305 g/mol. The fraction of sp³-hybridized carbons (Fsp3) is 0.588. The molecular formula is C17H27N3O2. The summed E-state index contributed by atoms with van der Waals surface area (Å²) in [6.45, 7) is 7.99. The average Bonchev–Trinajstić information content (AvgIpc) is 2.52. The quantitative estimate of drug-likeness (QED) is 0.849. The highest BCUT2D eigenvalue weighted by molar-refractivity contribution is 5.91. The first-order valence-corrected chi connectivity index (χ1v) is 8.24. The maximum atomic E-state index is 12.2. The third kappa shape index (κ3) is 4.91. The van der Waals surface area contributed by atoms with Gasteiger partial charge in [-0.15, -0.1) is 0 Å². The number of urea groups is 1. The Morgan fingerprint density at radius 1 is 1.27 bits per heavy atom. The molecule has 0 aliphatic carbocycles. The fourth-order valence-electron chi connectivity index (χ4n) is 2.81. The van der Waals surface area contributed by atoms with Crippen molar-refractivity contribution in [2.75, 3.05) is 31.6 Å². The molecule has 5 heteroatoms. The number of piperidine rings is 1. The van der Waals surface area contributed by atoms with Gasteiger partial charge in [-0.05, 0) is 44.9 Å². The van der Waals surface area contributed by atoms with E-state index in [0.29, 0.717) is 18.0 Å². The molecule has 0 unspecified atom stereocenters. The van der Waals surface area contributed by atoms with E-state index in [0.717, 1.165) is 32.5 Å². The number of amides is 2. The zero-order valence-corrected chi connectivity index (χ0v) is 13.6. The van der Waals surface area contributed by atoms with Crippen LogP contribution in [-0.2, 0) is 0 Å². The van der Waals surface area contributed by atoms with Gasteiger partial charge in [-0.25, -0.2) is 4.79 Å². The van der Waals surface area contributed by atoms with Crippen LogP contribution in [0.15, 0.2) is 24.3 Å². The Hall–Kier alpha value is -1.75. The van der Waals surface area contributed by atoms with Crippen LogP contribution in [0.5, 0.6) is 5.75 Å². The van der Waals surface area contributed by atoms with Crippen LogP contribution in [0.2, 0.25) is 0 Å². The lowest BCUT2D eigenvalue weighted by molar-refractivity contribution is 0.196. The van der Waals surface area contributed by atoms with Gasteiger partial charge in [0, 0.05) is 19.1 Å². The molecule has 0 bridgehead atoms. The van der Waals surface area contributed by atoms with Gasteiger partial charge >= 0.3 is 6.03 Å². The standard InChI is InChI=1S/C17H27N3O2/c1-3-11-20-12-9-14(10-13-20)18-17(21)19-15-7-5-6-8-16(15)22-4-2/h5-8,14H,3-4,9-13H2,1-2H3,(H2,18,19,21). The van der Waals surface area contributed by atoms with Crippen LogP contribution in [0, 0.1) is 0 Å². The smallest absolute Gasteiger partial charge is 0.319 e. The molecule has 1 fully saturated rings. The minimum absolute atomic E-state index is 0.152. The molecule has 1 aromatic carbocycles. The molecule has 2 rings (SSSR count). The van der Waals surface area contributed by atoms with Gasteiger partial charge in [-0.3, -0.25) is 0 Å². The number of nitrogens with zero attached hydrogens (tertiary/aromatic N) is 1. The second kappa shape index (κ2) is 8.63. The molecule has 0 saturated carbocycles. The maximum Gasteiger partial charge on any atom is 0.319 e. The highest BCUT2D eigenvalue weighted by Gasteiger charge is 2.20. The Morgan fingerprint density at radius 2 is 2.00 bits per heavy atom. The van der Waals surface area contributed by atoms with E-state index in [1.54, 1.807) is 0 Å². The van der Waals surface area contributed by atoms with Crippen LogP contribution in [-0.4, -0.2) is 43.2 Å². The number of rotatable bonds is 6. The van der Waals surface area contributed by atoms with Crippen molar-refractivity contribution in [3.05, 3.63) is 24.3 Å². The monoisotopic (exact) mass is 305 g/mol. The predicted molar refractivity (Wildman–Crippen MR) is 89.5 cm³/mol. The Labute approximate surface area is 133 Å². The third-order valence-corrected chi connectivity index (χ3v) is 3.90. The summed E-state index contributed by atoms with van der Waals surface area (Å²) in [4.78, 5) is 14.6. The number of nitrogens with one attached hydrogen (secondary N) is 2. The summed E-state index contributed by atoms with van der Waals surface area (Å²) in [5.74, 6) is 0.706. The molecule has 0 radical (unpaired) electrons. The highest BCUT2D eigenvalue weighted by atomic mass is 16.5. The lowest BCUT2D eigenvalue weighted by Crippen LogP contribution is -2.46. The second-order valence-corrected chi connectivity index (χ2v) is 5.64. The summed E-state index contributed by atoms with van der Waals surface area (Å²) in [6, 6.07) is 7.61. The van der Waals surface area contributed by atoms with Crippen molar-refractivity contribution in [1.29, 1.82) is 0 Å². The van der Waals surface area contributed by atoms with Gasteiger partial charge < -0.3 is 20.3 Å². The van der Waals surface area contributed by atoms with E-state index < -0.39 is 0 Å². The van der Waals surface area contributed by atoms with Crippen LogP contribution in [0.1, 0.15) is 33.1 Å². The third-order valence-electron chi connectivity index (χ3n) is 3.90. The van der Waals surface area contributed by atoms with Gasteiger partial charge in [0.05, 0.1) is 12.3 Å². The molecule has 1 heterocycles. The van der Waals surface area contributed by atoms with E-state index in [2.05, 4.69) is 22.5 Å². The summed E-state index contributed by atoms with van der Waals surface area (Å²) in [6.07, 6.45) is 3.22. The lowest BCUT2D eigenvalue weighted by atomic mass is 10.1. The summed E-state index contributed by atoms with van der Waals surface area (Å²) in [5, 5.41) is 5.96. The molecule has 0 aromatic heterocycles. The number of hydrogen-bond acceptors (Lipinski definition) is 3. The number of carbonyl (C=O) groups is 1. The first-order chi connectivity index (χ1) is 10.7. The number of ether oxygens (including phenoxy) is 1. The van der Waals surface area contributed by atoms with Crippen molar-refractivity contribution in [1.82, 2.24) is 10.2 Å². The van der Waals surface area contributed by atoms with Gasteiger partial charge in [0.25, 0.3) is 0 Å². The van der Waals surface area contributed by atoms with Crippen molar-refractivity contribution in [2.24, 2.45) is 0 Å². The summed E-state index contributed by atoms with van der Waals surface area (Å²) in [7, 11) is 0. The van der Waals surface area contributed by atoms with Crippen LogP contribution in [0.25, 0.3) is 0 Å². The summed E-state index contributed by atoms with van der Waals surface area (Å²) < 4.78 is 5.52. The first kappa shape index (κ1) is 16.6. The SMILES string of the molecule is CCCN1CCC(NC(=O)Nc2ccccc2OCC)CC1. The van der Waals surface area contributed by atoms with E-state index in [4.69, 9.17) is 4.74 Å². The summed E-state index contributed by atoms with van der Waals surface area (Å²) in [5.41, 5.74) is 0.713. The van der Waals surface area contributed by atoms with Gasteiger partial charge in [-0.2, -0.15) is 0 Å². The zero-order valence-electron chi connectivity index (χ0n) is 13.6. The topological polar surface area (TPSA) is 53.6 Å². The second-order valence-electron chi connectivity index (χ2n) is 5.64. The molecule has 0 spiro atoms.